The lowest BCUT2D eigenvalue weighted by molar-refractivity contribution is -0.124. The van der Waals surface area contributed by atoms with Crippen molar-refractivity contribution in [2.24, 2.45) is 11.7 Å². The molecule has 3 N–H and O–H groups in total. The Bertz CT molecular complexity index is 227. The van der Waals surface area contributed by atoms with E-state index in [9.17, 15) is 4.79 Å². The molecule has 1 atom stereocenters. The van der Waals surface area contributed by atoms with Gasteiger partial charge < -0.3 is 15.8 Å². The van der Waals surface area contributed by atoms with Gasteiger partial charge in [0.15, 0.2) is 0 Å². The average molecular weight is 242 g/mol. The Morgan fingerprint density at radius 3 is 2.76 bits per heavy atom. The molecular weight excluding hydrogens is 216 g/mol. The Kier molecular flexibility index (Phi) is 6.52. The monoisotopic (exact) mass is 242 g/mol. The molecule has 4 heteroatoms. The number of amides is 1. The van der Waals surface area contributed by atoms with E-state index in [0.29, 0.717) is 25.0 Å². The number of nitrogens with one attached hydrogen (secondary N) is 1. The zero-order chi connectivity index (χ0) is 12.7. The summed E-state index contributed by atoms with van der Waals surface area (Å²) < 4.78 is 5.47. The lowest BCUT2D eigenvalue weighted by Gasteiger charge is -2.34. The number of carbonyl (C=O) groups excluding carboxylic acids is 1. The molecule has 1 amide bonds. The van der Waals surface area contributed by atoms with Crippen molar-refractivity contribution in [2.75, 3.05) is 13.2 Å². The van der Waals surface area contributed by atoms with Gasteiger partial charge in [0.25, 0.3) is 0 Å². The summed E-state index contributed by atoms with van der Waals surface area (Å²) in [5.41, 5.74) is 5.84. The van der Waals surface area contributed by atoms with Crippen molar-refractivity contribution in [2.45, 2.75) is 58.1 Å². The van der Waals surface area contributed by atoms with Gasteiger partial charge in [-0.2, -0.15) is 0 Å². The van der Waals surface area contributed by atoms with Crippen molar-refractivity contribution in [3.05, 3.63) is 0 Å². The third-order valence-corrected chi connectivity index (χ3v) is 3.29. The Morgan fingerprint density at radius 2 is 2.18 bits per heavy atom. The average Bonchev–Trinajstić information content (AvgIpc) is 2.24. The second kappa shape index (κ2) is 7.67. The Hall–Kier alpha value is -0.610. The molecule has 1 rings (SSSR count). The van der Waals surface area contributed by atoms with Gasteiger partial charge in [0.05, 0.1) is 6.10 Å². The van der Waals surface area contributed by atoms with E-state index in [-0.39, 0.29) is 11.9 Å². The van der Waals surface area contributed by atoms with Gasteiger partial charge in [-0.15, -0.1) is 0 Å². The Labute approximate surface area is 104 Å². The molecule has 0 bridgehead atoms. The zero-order valence-electron chi connectivity index (χ0n) is 11.1. The lowest BCUT2D eigenvalue weighted by Crippen LogP contribution is -2.40. The summed E-state index contributed by atoms with van der Waals surface area (Å²) in [7, 11) is 0. The largest absolute Gasteiger partial charge is 0.378 e. The minimum absolute atomic E-state index is 0.0986. The second-order valence-electron chi connectivity index (χ2n) is 4.97. The molecule has 0 radical (unpaired) electrons. The number of ether oxygens (including phenoxy) is 1. The third kappa shape index (κ3) is 5.50. The molecule has 100 valence electrons. The van der Waals surface area contributed by atoms with Crippen LogP contribution in [0.25, 0.3) is 0 Å². The van der Waals surface area contributed by atoms with Crippen LogP contribution in [-0.4, -0.2) is 31.2 Å². The van der Waals surface area contributed by atoms with Gasteiger partial charge in [0.1, 0.15) is 0 Å². The van der Waals surface area contributed by atoms with Gasteiger partial charge in [-0.05, 0) is 32.1 Å². The second-order valence-corrected chi connectivity index (χ2v) is 4.97. The van der Waals surface area contributed by atoms with Crippen molar-refractivity contribution >= 4 is 5.91 Å². The normalized spacial score (nSPS) is 25.1. The quantitative estimate of drug-likeness (QED) is 0.677. The molecule has 1 aliphatic carbocycles. The maximum Gasteiger partial charge on any atom is 0.220 e. The molecule has 4 nitrogen and oxygen atoms in total. The minimum Gasteiger partial charge on any atom is -0.378 e. The highest BCUT2D eigenvalue weighted by molar-refractivity contribution is 5.76. The van der Waals surface area contributed by atoms with Gasteiger partial charge in [-0.3, -0.25) is 4.79 Å². The van der Waals surface area contributed by atoms with Crippen LogP contribution in [0.5, 0.6) is 0 Å². The molecule has 0 aromatic rings. The highest BCUT2D eigenvalue weighted by Gasteiger charge is 2.30. The topological polar surface area (TPSA) is 64.3 Å². The fraction of sp³-hybridized carbons (Fsp3) is 0.923. The number of rotatable bonds is 8. The van der Waals surface area contributed by atoms with Crippen LogP contribution in [0.3, 0.4) is 0 Å². The summed E-state index contributed by atoms with van der Waals surface area (Å²) in [6.07, 6.45) is 5.11. The molecular formula is C13H26N2O2. The van der Waals surface area contributed by atoms with Gasteiger partial charge in [0, 0.05) is 25.6 Å². The van der Waals surface area contributed by atoms with E-state index < -0.39 is 0 Å². The standard InChI is InChI=1S/C13H26N2O2/c1-3-5-11(14)9-15-13(16)8-10-6-12(7-10)17-4-2/h10-12H,3-9,14H2,1-2H3,(H,15,16). The van der Waals surface area contributed by atoms with Crippen LogP contribution in [-0.2, 0) is 9.53 Å². The van der Waals surface area contributed by atoms with Gasteiger partial charge >= 0.3 is 0 Å². The molecule has 0 aromatic heterocycles. The summed E-state index contributed by atoms with van der Waals surface area (Å²) in [6.45, 7) is 5.49. The van der Waals surface area contributed by atoms with Crippen molar-refractivity contribution < 1.29 is 9.53 Å². The summed E-state index contributed by atoms with van der Waals surface area (Å²) in [5.74, 6) is 0.644. The zero-order valence-corrected chi connectivity index (χ0v) is 11.1. The van der Waals surface area contributed by atoms with Crippen LogP contribution in [0.1, 0.15) is 46.0 Å². The Morgan fingerprint density at radius 1 is 1.47 bits per heavy atom. The van der Waals surface area contributed by atoms with E-state index in [2.05, 4.69) is 12.2 Å². The molecule has 1 unspecified atom stereocenters. The molecule has 17 heavy (non-hydrogen) atoms. The van der Waals surface area contributed by atoms with Crippen molar-refractivity contribution in [3.8, 4) is 0 Å². The van der Waals surface area contributed by atoms with Crippen LogP contribution in [0.4, 0.5) is 0 Å². The first-order chi connectivity index (χ1) is 8.15. The number of hydrogen-bond acceptors (Lipinski definition) is 3. The maximum atomic E-state index is 11.6. The Balaban J connectivity index is 2.03. The fourth-order valence-corrected chi connectivity index (χ4v) is 2.27. The highest BCUT2D eigenvalue weighted by atomic mass is 16.5. The molecule has 0 saturated heterocycles. The molecule has 1 saturated carbocycles. The molecule has 1 fully saturated rings. The molecule has 0 aliphatic heterocycles. The summed E-state index contributed by atoms with van der Waals surface area (Å²) in [4.78, 5) is 11.6. The first-order valence-corrected chi connectivity index (χ1v) is 6.79. The molecule has 1 aliphatic rings. The first-order valence-electron chi connectivity index (χ1n) is 6.79. The predicted molar refractivity (Wildman–Crippen MR) is 68.6 cm³/mol. The smallest absolute Gasteiger partial charge is 0.220 e. The summed E-state index contributed by atoms with van der Waals surface area (Å²) in [5, 5.41) is 2.91. The van der Waals surface area contributed by atoms with E-state index in [0.717, 1.165) is 32.3 Å². The van der Waals surface area contributed by atoms with Gasteiger partial charge in [0.2, 0.25) is 5.91 Å². The summed E-state index contributed by atoms with van der Waals surface area (Å²) >= 11 is 0. The van der Waals surface area contributed by atoms with Crippen LogP contribution in [0, 0.1) is 5.92 Å². The highest BCUT2D eigenvalue weighted by Crippen LogP contribution is 2.32. The van der Waals surface area contributed by atoms with Crippen LogP contribution in [0.15, 0.2) is 0 Å². The molecule has 0 aromatic carbocycles. The van der Waals surface area contributed by atoms with E-state index in [1.807, 2.05) is 6.92 Å². The van der Waals surface area contributed by atoms with E-state index in [1.54, 1.807) is 0 Å². The van der Waals surface area contributed by atoms with Crippen LogP contribution >= 0.6 is 0 Å². The van der Waals surface area contributed by atoms with Crippen molar-refractivity contribution in [3.63, 3.8) is 0 Å². The van der Waals surface area contributed by atoms with E-state index in [1.165, 1.54) is 0 Å². The maximum absolute atomic E-state index is 11.6. The van der Waals surface area contributed by atoms with Gasteiger partial charge in [-0.1, -0.05) is 13.3 Å². The molecule has 0 heterocycles. The number of carbonyl (C=O) groups is 1. The molecule has 0 spiro atoms. The van der Waals surface area contributed by atoms with Gasteiger partial charge in [-0.25, -0.2) is 0 Å². The minimum atomic E-state index is 0.0986. The van der Waals surface area contributed by atoms with E-state index >= 15 is 0 Å². The van der Waals surface area contributed by atoms with Crippen molar-refractivity contribution in [1.82, 2.24) is 5.32 Å². The summed E-state index contributed by atoms with van der Waals surface area (Å²) in [6, 6.07) is 0.0986. The van der Waals surface area contributed by atoms with Crippen LogP contribution in [0.2, 0.25) is 0 Å². The van der Waals surface area contributed by atoms with E-state index in [4.69, 9.17) is 10.5 Å². The predicted octanol–water partition coefficient (Wildman–Crippen LogP) is 1.44. The number of nitrogens with two attached hydrogens (primary N) is 1. The lowest BCUT2D eigenvalue weighted by atomic mass is 9.80. The van der Waals surface area contributed by atoms with Crippen molar-refractivity contribution in [1.29, 1.82) is 0 Å². The first kappa shape index (κ1) is 14.5. The van der Waals surface area contributed by atoms with Crippen LogP contribution < -0.4 is 11.1 Å². The SMILES string of the molecule is CCCC(N)CNC(=O)CC1CC(OCC)C1. The fourth-order valence-electron chi connectivity index (χ4n) is 2.27. The third-order valence-electron chi connectivity index (χ3n) is 3.29. The number of hydrogen-bond donors (Lipinski definition) is 2.